The van der Waals surface area contributed by atoms with Crippen LogP contribution in [0.1, 0.15) is 0 Å². The lowest BCUT2D eigenvalue weighted by atomic mass is 15.7. The Hall–Kier alpha value is 1.45. The van der Waals surface area contributed by atoms with E-state index < -0.39 is 78.1 Å². The Kier molecular flexibility index (Phi) is 18.9. The summed E-state index contributed by atoms with van der Waals surface area (Å²) in [4.78, 5) is 0. The van der Waals surface area contributed by atoms with E-state index in [2.05, 4.69) is 10.9 Å². The van der Waals surface area contributed by atoms with Crippen LogP contribution in [0.4, 0.5) is 0 Å². The molecule has 0 saturated heterocycles. The number of hydrogen-bond acceptors (Lipinski definition) is 25. The van der Waals surface area contributed by atoms with Gasteiger partial charge in [-0.25, -0.2) is 0 Å². The number of hydrogen-bond donors (Lipinski definition) is 22. The predicted molar refractivity (Wildman–Crippen MR) is 114 cm³/mol. The highest BCUT2D eigenvalue weighted by atomic mass is 32.4. The Morgan fingerprint density at radius 3 is 0.438 bits per heavy atom. The topological polar surface area (TPSA) is 473 Å². The van der Waals surface area contributed by atoms with Crippen molar-refractivity contribution in [3.05, 3.63) is 0 Å². The van der Waals surface area contributed by atoms with Gasteiger partial charge in [0.1, 0.15) is 0 Å². The van der Waals surface area contributed by atoms with Gasteiger partial charge in [-0.1, -0.05) is 0 Å². The Labute approximate surface area is 188 Å². The molecule has 0 atom stereocenters. The first-order chi connectivity index (χ1) is 13.1. The van der Waals surface area contributed by atoms with Crippen molar-refractivity contribution < 1.29 is 111 Å². The van der Waals surface area contributed by atoms with Crippen molar-refractivity contribution >= 4 is 78.1 Å². The summed E-state index contributed by atoms with van der Waals surface area (Å²) in [6.07, 6.45) is 0. The van der Waals surface area contributed by atoms with Crippen LogP contribution < -0.4 is 0 Å². The highest BCUT2D eigenvalue weighted by Gasteiger charge is 2.36. The summed E-state index contributed by atoms with van der Waals surface area (Å²) in [6.45, 7) is 0. The third kappa shape index (κ3) is 77.1. The molecule has 0 fully saturated rings. The first kappa shape index (κ1) is 40.6. The maximum atomic E-state index is 8.46. The third-order valence-electron chi connectivity index (χ3n) is 0.542. The van der Waals surface area contributed by atoms with Crippen molar-refractivity contribution in [2.75, 3.05) is 0 Å². The van der Waals surface area contributed by atoms with Crippen LogP contribution in [0.2, 0.25) is 0 Å². The molecule has 32 heavy (non-hydrogen) atoms. The smallest absolute Gasteiger partial charge is 0.250 e. The molecule has 0 aromatic rings. The highest BCUT2D eigenvalue weighted by Crippen LogP contribution is 2.61. The monoisotopic (exact) mass is 646 g/mol. The maximum Gasteiger partial charge on any atom is 0.250 e. The second-order valence-electron chi connectivity index (χ2n) is 3.51. The molecule has 32 heteroatoms. The molecule has 0 radical (unpaired) electrons. The van der Waals surface area contributed by atoms with E-state index in [1.165, 1.54) is 0 Å². The van der Waals surface area contributed by atoms with Gasteiger partial charge in [-0.2, -0.15) is 0 Å². The molecule has 0 aromatic carbocycles. The summed E-state index contributed by atoms with van der Waals surface area (Å²) in [7, 11) is 0. The number of rotatable bonds is 6. The molecule has 0 heterocycles. The van der Waals surface area contributed by atoms with Gasteiger partial charge in [-0.15, -0.1) is 10.9 Å². The van der Waals surface area contributed by atoms with Gasteiger partial charge in [-0.3, -0.25) is 100 Å². The molecule has 0 aliphatic rings. The standard InChI is InChI=1S/H8O10S3.H6O7S2.2H4O4S/c1-11(2,3)9-13(7,8)10-12(4,5)6;1-8(2,3)7-9(4,5)6;2*1-5(2,3)4/h1-8H;1-6H;2*1-4H. The molecule has 22 N–H and O–H groups in total. The molecule has 0 bridgehead atoms. The second-order valence-corrected chi connectivity index (χ2v) is 11.7. The molecule has 0 rings (SSSR count). The van der Waals surface area contributed by atoms with Gasteiger partial charge in [0.25, 0.3) is 0 Å². The lowest BCUT2D eigenvalue weighted by Crippen LogP contribution is -2.12. The fourth-order valence-electron chi connectivity index (χ4n) is 0.372. The Morgan fingerprint density at radius 1 is 0.250 bits per heavy atom. The molecule has 0 aliphatic heterocycles. The Bertz CT molecular complexity index is 403. The maximum absolute atomic E-state index is 8.46. The molecular formula is H22O25S7. The molecule has 25 nitrogen and oxygen atoms in total. The largest absolute Gasteiger partial charge is 0.287 e. The van der Waals surface area contributed by atoms with E-state index in [1.54, 1.807) is 0 Å². The zero-order valence-corrected chi connectivity index (χ0v) is 19.6. The molecular weight excluding hydrogens is 624 g/mol. The van der Waals surface area contributed by atoms with Crippen molar-refractivity contribution in [3.63, 3.8) is 0 Å². The normalized spacial score (nSPS) is 17.2. The van der Waals surface area contributed by atoms with Crippen LogP contribution >= 0.6 is 78.1 Å². The van der Waals surface area contributed by atoms with Crippen LogP contribution in [0.3, 0.4) is 0 Å². The van der Waals surface area contributed by atoms with E-state index in [1.807, 2.05) is 0 Å². The quantitative estimate of drug-likeness (QED) is 0.188. The van der Waals surface area contributed by atoms with Gasteiger partial charge in [-0.05, 0) is 0 Å². The van der Waals surface area contributed by atoms with Crippen LogP contribution in [-0.4, -0.2) is 100 Å². The fraction of sp³-hybridized carbons (Fsp3) is 0. The van der Waals surface area contributed by atoms with Gasteiger partial charge in [0, 0.05) is 0 Å². The van der Waals surface area contributed by atoms with Crippen molar-refractivity contribution in [1.29, 1.82) is 0 Å². The van der Waals surface area contributed by atoms with Crippen LogP contribution in [0.15, 0.2) is 0 Å². The Balaban J connectivity index is -0.000000179. The second kappa shape index (κ2) is 14.9. The van der Waals surface area contributed by atoms with Crippen LogP contribution in [0, 0.1) is 0 Å². The van der Waals surface area contributed by atoms with Crippen LogP contribution in [0.5, 0.6) is 0 Å². The molecule has 0 aromatic heterocycles. The van der Waals surface area contributed by atoms with Crippen molar-refractivity contribution in [1.82, 2.24) is 0 Å². The minimum absolute atomic E-state index is 3.12. The van der Waals surface area contributed by atoms with Crippen LogP contribution in [0.25, 0.3) is 0 Å². The van der Waals surface area contributed by atoms with Crippen molar-refractivity contribution in [2.45, 2.75) is 0 Å². The van der Waals surface area contributed by atoms with Gasteiger partial charge < -0.3 is 0 Å². The van der Waals surface area contributed by atoms with E-state index in [4.69, 9.17) is 100 Å². The zero-order valence-electron chi connectivity index (χ0n) is 13.9. The van der Waals surface area contributed by atoms with E-state index in [-0.39, 0.29) is 0 Å². The van der Waals surface area contributed by atoms with Gasteiger partial charge in [0.2, 0.25) is 78.1 Å². The lowest BCUT2D eigenvalue weighted by molar-refractivity contribution is 0.211. The fourth-order valence-corrected chi connectivity index (χ4v) is 3.55. The summed E-state index contributed by atoms with van der Waals surface area (Å²) in [5.41, 5.74) is 0. The summed E-state index contributed by atoms with van der Waals surface area (Å²) >= 11 is -31.7. The minimum Gasteiger partial charge on any atom is -0.287 e. The van der Waals surface area contributed by atoms with E-state index >= 15 is 0 Å². The predicted octanol–water partition coefficient (Wildman–Crippen LogP) is 4.52. The minimum atomic E-state index is -4.82. The Morgan fingerprint density at radius 2 is 0.375 bits per heavy atom. The molecule has 214 valence electrons. The summed E-state index contributed by atoms with van der Waals surface area (Å²) < 4.78 is 181. The highest BCUT2D eigenvalue weighted by molar-refractivity contribution is 8.33. The van der Waals surface area contributed by atoms with Crippen LogP contribution in [-0.2, 0) is 10.9 Å². The van der Waals surface area contributed by atoms with E-state index in [9.17, 15) is 0 Å². The molecule has 0 unspecified atom stereocenters. The molecule has 0 aliphatic carbocycles. The average Bonchev–Trinajstić information content (AvgIpc) is 2.08. The molecule has 0 saturated carbocycles. The van der Waals surface area contributed by atoms with Crippen molar-refractivity contribution in [2.24, 2.45) is 0 Å². The first-order valence-electron chi connectivity index (χ1n) is 5.02. The average molecular weight is 647 g/mol. The van der Waals surface area contributed by atoms with E-state index in [0.29, 0.717) is 0 Å². The van der Waals surface area contributed by atoms with Gasteiger partial charge in [0.15, 0.2) is 0 Å². The zero-order chi connectivity index (χ0) is 27.6. The lowest BCUT2D eigenvalue weighted by Gasteiger charge is -2.32. The summed E-state index contributed by atoms with van der Waals surface area (Å²) in [6, 6.07) is 0. The third-order valence-corrected chi connectivity index (χ3v) is 4.88. The summed E-state index contributed by atoms with van der Waals surface area (Å²) in [5, 5.41) is 0. The van der Waals surface area contributed by atoms with Gasteiger partial charge in [0.05, 0.1) is 0 Å². The first-order valence-corrected chi connectivity index (χ1v) is 15.0. The molecule has 0 amide bonds. The molecule has 0 spiro atoms. The van der Waals surface area contributed by atoms with E-state index in [0.717, 1.165) is 0 Å². The SMILES string of the molecule is OS(O)(O)O.OS(O)(O)O.OS(O)(O)OS(O)(O)O.OS(O)(O)OS(O)(O)OS(O)(O)O. The summed E-state index contributed by atoms with van der Waals surface area (Å²) in [5.74, 6) is 0. The van der Waals surface area contributed by atoms with Crippen molar-refractivity contribution in [3.8, 4) is 0 Å². The van der Waals surface area contributed by atoms with Gasteiger partial charge >= 0.3 is 0 Å².